The first-order valence-corrected chi connectivity index (χ1v) is 8.46. The Morgan fingerprint density at radius 3 is 3.10 bits per heavy atom. The van der Waals surface area contributed by atoms with Crippen LogP contribution in [0.15, 0.2) is 11.4 Å². The van der Waals surface area contributed by atoms with E-state index in [1.54, 1.807) is 11.3 Å². The Bertz CT molecular complexity index is 600. The van der Waals surface area contributed by atoms with Crippen molar-refractivity contribution in [3.05, 3.63) is 17.3 Å². The van der Waals surface area contributed by atoms with Crippen LogP contribution in [0.1, 0.15) is 31.5 Å². The minimum absolute atomic E-state index is 0.222. The predicted octanol–water partition coefficient (Wildman–Crippen LogP) is 2.47. The van der Waals surface area contributed by atoms with Crippen molar-refractivity contribution in [2.45, 2.75) is 38.3 Å². The van der Waals surface area contributed by atoms with Crippen LogP contribution in [0.2, 0.25) is 0 Å². The normalized spacial score (nSPS) is 20.6. The minimum Gasteiger partial charge on any atom is -0.395 e. The molecule has 0 bridgehead atoms. The molecule has 1 fully saturated rings. The van der Waals surface area contributed by atoms with Gasteiger partial charge in [-0.2, -0.15) is 0 Å². The van der Waals surface area contributed by atoms with E-state index in [0.717, 1.165) is 34.8 Å². The van der Waals surface area contributed by atoms with Gasteiger partial charge < -0.3 is 10.4 Å². The van der Waals surface area contributed by atoms with Crippen LogP contribution in [0.5, 0.6) is 0 Å². The van der Waals surface area contributed by atoms with E-state index in [-0.39, 0.29) is 12.6 Å². The molecule has 1 saturated heterocycles. The molecule has 2 aromatic rings. The zero-order chi connectivity index (χ0) is 14.7. The van der Waals surface area contributed by atoms with Crippen molar-refractivity contribution in [1.29, 1.82) is 0 Å². The number of aliphatic hydroxyl groups is 1. The van der Waals surface area contributed by atoms with Gasteiger partial charge in [0.1, 0.15) is 16.5 Å². The number of fused-ring (bicyclic) bond motifs is 1. The van der Waals surface area contributed by atoms with E-state index in [2.05, 4.69) is 26.3 Å². The molecule has 0 aromatic carbocycles. The Hall–Kier alpha value is -1.24. The van der Waals surface area contributed by atoms with Crippen molar-refractivity contribution in [2.24, 2.45) is 0 Å². The molecule has 6 heteroatoms. The maximum absolute atomic E-state index is 9.61. The first-order valence-electron chi connectivity index (χ1n) is 7.58. The second-order valence-corrected chi connectivity index (χ2v) is 6.43. The molecule has 3 rings (SSSR count). The third kappa shape index (κ3) is 3.17. The van der Waals surface area contributed by atoms with Crippen LogP contribution in [0, 0.1) is 0 Å². The number of nitrogens with one attached hydrogen (secondary N) is 1. The molecule has 0 radical (unpaired) electrons. The lowest BCUT2D eigenvalue weighted by Crippen LogP contribution is -2.37. The van der Waals surface area contributed by atoms with Crippen molar-refractivity contribution in [1.82, 2.24) is 14.9 Å². The number of likely N-dealkylation sites (tertiary alicyclic amines) is 1. The Morgan fingerprint density at radius 2 is 2.29 bits per heavy atom. The van der Waals surface area contributed by atoms with Gasteiger partial charge in [0, 0.05) is 13.1 Å². The van der Waals surface area contributed by atoms with Crippen molar-refractivity contribution in [2.75, 3.05) is 25.5 Å². The maximum Gasteiger partial charge on any atom is 0.146 e. The number of aromatic nitrogens is 2. The predicted molar refractivity (Wildman–Crippen MR) is 86.7 cm³/mol. The summed E-state index contributed by atoms with van der Waals surface area (Å²) in [6, 6.07) is 2.30. The molecule has 21 heavy (non-hydrogen) atoms. The van der Waals surface area contributed by atoms with Crippen molar-refractivity contribution in [3.63, 3.8) is 0 Å². The average molecular weight is 306 g/mol. The third-order valence-corrected chi connectivity index (χ3v) is 4.97. The molecule has 2 aromatic heterocycles. The Balaban J connectivity index is 1.85. The van der Waals surface area contributed by atoms with E-state index < -0.39 is 0 Å². The van der Waals surface area contributed by atoms with E-state index in [0.29, 0.717) is 6.54 Å². The molecule has 1 unspecified atom stereocenters. The van der Waals surface area contributed by atoms with E-state index in [1.165, 1.54) is 19.3 Å². The first-order chi connectivity index (χ1) is 10.3. The first kappa shape index (κ1) is 14.7. The molecule has 2 N–H and O–H groups in total. The summed E-state index contributed by atoms with van der Waals surface area (Å²) in [5.74, 6) is 1.74. The number of hydrogen-bond donors (Lipinski definition) is 2. The van der Waals surface area contributed by atoms with E-state index in [4.69, 9.17) is 0 Å². The largest absolute Gasteiger partial charge is 0.395 e. The average Bonchev–Trinajstić information content (AvgIpc) is 2.86. The van der Waals surface area contributed by atoms with Crippen LogP contribution in [0.3, 0.4) is 0 Å². The van der Waals surface area contributed by atoms with Gasteiger partial charge in [0.2, 0.25) is 0 Å². The molecule has 0 aliphatic carbocycles. The summed E-state index contributed by atoms with van der Waals surface area (Å²) >= 11 is 1.64. The number of aliphatic hydroxyl groups excluding tert-OH is 1. The molecule has 0 amide bonds. The molecule has 0 saturated carbocycles. The van der Waals surface area contributed by atoms with Crippen LogP contribution < -0.4 is 5.32 Å². The van der Waals surface area contributed by atoms with Crippen LogP contribution in [-0.4, -0.2) is 46.2 Å². The summed E-state index contributed by atoms with van der Waals surface area (Å²) in [5, 5.41) is 15.9. The van der Waals surface area contributed by atoms with E-state index in [9.17, 15) is 5.11 Å². The number of rotatable bonds is 4. The van der Waals surface area contributed by atoms with Crippen LogP contribution >= 0.6 is 11.3 Å². The Morgan fingerprint density at radius 1 is 1.38 bits per heavy atom. The van der Waals surface area contributed by atoms with Gasteiger partial charge in [-0.05, 0) is 30.8 Å². The van der Waals surface area contributed by atoms with Gasteiger partial charge in [0.15, 0.2) is 0 Å². The monoisotopic (exact) mass is 306 g/mol. The molecule has 5 nitrogen and oxygen atoms in total. The number of nitrogens with zero attached hydrogens (tertiary/aromatic N) is 3. The summed E-state index contributed by atoms with van der Waals surface area (Å²) in [7, 11) is 1.89. The van der Waals surface area contributed by atoms with Gasteiger partial charge in [-0.1, -0.05) is 12.8 Å². The summed E-state index contributed by atoms with van der Waals surface area (Å²) in [4.78, 5) is 12.7. The minimum atomic E-state index is 0.222. The fourth-order valence-electron chi connectivity index (χ4n) is 2.99. The summed E-state index contributed by atoms with van der Waals surface area (Å²) in [6.45, 7) is 1.96. The van der Waals surface area contributed by atoms with Gasteiger partial charge in [0.25, 0.3) is 0 Å². The fourth-order valence-corrected chi connectivity index (χ4v) is 3.78. The lowest BCUT2D eigenvalue weighted by Gasteiger charge is -2.27. The topological polar surface area (TPSA) is 61.3 Å². The van der Waals surface area contributed by atoms with Gasteiger partial charge in [-0.25, -0.2) is 9.97 Å². The van der Waals surface area contributed by atoms with Crippen LogP contribution in [-0.2, 0) is 6.54 Å². The molecule has 1 aliphatic rings. The molecule has 1 aliphatic heterocycles. The highest BCUT2D eigenvalue weighted by Gasteiger charge is 2.21. The molecule has 1 atom stereocenters. The molecular weight excluding hydrogens is 284 g/mol. The molecule has 0 spiro atoms. The second-order valence-electron chi connectivity index (χ2n) is 5.53. The highest BCUT2D eigenvalue weighted by atomic mass is 32.1. The summed E-state index contributed by atoms with van der Waals surface area (Å²) in [6.07, 6.45) is 4.71. The lowest BCUT2D eigenvalue weighted by atomic mass is 10.1. The van der Waals surface area contributed by atoms with Gasteiger partial charge in [-0.3, -0.25) is 4.90 Å². The smallest absolute Gasteiger partial charge is 0.146 e. The standard InChI is InChI=1S/C15H22N4OS/c1-16-14-12-6-8-21-15(12)18-13(17-14)9-19-7-4-2-3-5-11(19)10-20/h6,8,11,20H,2-5,7,9-10H2,1H3,(H,16,17,18). The molecule has 114 valence electrons. The Labute approximate surface area is 129 Å². The van der Waals surface area contributed by atoms with Crippen LogP contribution in [0.4, 0.5) is 5.82 Å². The van der Waals surface area contributed by atoms with Crippen molar-refractivity contribution >= 4 is 27.4 Å². The lowest BCUT2D eigenvalue weighted by molar-refractivity contribution is 0.116. The molecular formula is C15H22N4OS. The zero-order valence-corrected chi connectivity index (χ0v) is 13.2. The maximum atomic E-state index is 9.61. The van der Waals surface area contributed by atoms with Crippen molar-refractivity contribution < 1.29 is 5.11 Å². The van der Waals surface area contributed by atoms with E-state index >= 15 is 0 Å². The highest BCUT2D eigenvalue weighted by molar-refractivity contribution is 7.16. The highest BCUT2D eigenvalue weighted by Crippen LogP contribution is 2.26. The Kier molecular flexibility index (Phi) is 4.67. The number of thiophene rings is 1. The third-order valence-electron chi connectivity index (χ3n) is 4.16. The van der Waals surface area contributed by atoms with Crippen molar-refractivity contribution in [3.8, 4) is 0 Å². The zero-order valence-electron chi connectivity index (χ0n) is 12.4. The quantitative estimate of drug-likeness (QED) is 0.908. The van der Waals surface area contributed by atoms with Crippen LogP contribution in [0.25, 0.3) is 10.2 Å². The van der Waals surface area contributed by atoms with Gasteiger partial charge in [-0.15, -0.1) is 11.3 Å². The summed E-state index contributed by atoms with van der Waals surface area (Å²) < 4.78 is 0. The molecule has 3 heterocycles. The van der Waals surface area contributed by atoms with E-state index in [1.807, 2.05) is 12.4 Å². The van der Waals surface area contributed by atoms with Gasteiger partial charge >= 0.3 is 0 Å². The number of hydrogen-bond acceptors (Lipinski definition) is 6. The van der Waals surface area contributed by atoms with Gasteiger partial charge in [0.05, 0.1) is 18.5 Å². The second kappa shape index (κ2) is 6.68. The SMILES string of the molecule is CNc1nc(CN2CCCCCC2CO)nc2sccc12. The summed E-state index contributed by atoms with van der Waals surface area (Å²) in [5.41, 5.74) is 0. The number of anilines is 1. The fraction of sp³-hybridized carbons (Fsp3) is 0.600.